The first-order valence-electron chi connectivity index (χ1n) is 4.65. The van der Waals surface area contributed by atoms with Crippen molar-refractivity contribution in [2.24, 2.45) is 0 Å². The van der Waals surface area contributed by atoms with Crippen LogP contribution in [-0.2, 0) is 14.3 Å². The molecule has 0 rings (SSSR count). The fraction of sp³-hybridized carbons (Fsp3) is 0.455. The molecule has 0 aromatic heterocycles. The minimum absolute atomic E-state index is 0.176. The van der Waals surface area contributed by atoms with Crippen molar-refractivity contribution in [1.82, 2.24) is 0 Å². The van der Waals surface area contributed by atoms with Crippen LogP contribution in [0.1, 0.15) is 27.2 Å². The predicted octanol–water partition coefficient (Wildman–Crippen LogP) is 1.48. The van der Waals surface area contributed by atoms with Crippen molar-refractivity contribution < 1.29 is 24.5 Å². The maximum Gasteiger partial charge on any atom is 0.335 e. The maximum atomic E-state index is 10.6. The summed E-state index contributed by atoms with van der Waals surface area (Å²) in [5, 5.41) is 16.7. The highest BCUT2D eigenvalue weighted by atomic mass is 16.6. The Morgan fingerprint density at radius 2 is 1.62 bits per heavy atom. The van der Waals surface area contributed by atoms with E-state index in [1.807, 2.05) is 0 Å². The topological polar surface area (TPSA) is 83.8 Å². The third-order valence-electron chi connectivity index (χ3n) is 1.31. The number of carbonyl (C=O) groups excluding carboxylic acids is 1. The molecule has 16 heavy (non-hydrogen) atoms. The fourth-order valence-corrected chi connectivity index (χ4v) is 0.307. The average molecular weight is 230 g/mol. The van der Waals surface area contributed by atoms with Gasteiger partial charge in [-0.2, -0.15) is 0 Å². The summed E-state index contributed by atoms with van der Waals surface area (Å²) in [5.41, 5.74) is 0.475. The highest BCUT2D eigenvalue weighted by Crippen LogP contribution is 1.98. The van der Waals surface area contributed by atoms with E-state index >= 15 is 0 Å². The molecule has 0 aromatic carbocycles. The molecule has 92 valence electrons. The molecular weight excluding hydrogens is 212 g/mol. The molecule has 0 aliphatic rings. The van der Waals surface area contributed by atoms with Gasteiger partial charge in [0.25, 0.3) is 0 Å². The molecule has 0 spiro atoms. The van der Waals surface area contributed by atoms with Crippen LogP contribution in [0.15, 0.2) is 24.3 Å². The number of carboxylic acid groups (broad SMARTS) is 1. The van der Waals surface area contributed by atoms with E-state index in [4.69, 9.17) is 10.2 Å². The van der Waals surface area contributed by atoms with Gasteiger partial charge in [0.15, 0.2) is 0 Å². The summed E-state index contributed by atoms with van der Waals surface area (Å²) < 4.78 is 4.48. The number of hydrogen-bond acceptors (Lipinski definition) is 4. The lowest BCUT2D eigenvalue weighted by molar-refractivity contribution is -0.163. The molecule has 0 fully saturated rings. The lowest BCUT2D eigenvalue weighted by Crippen LogP contribution is -2.16. The number of hydrogen-bond donors (Lipinski definition) is 2. The van der Waals surface area contributed by atoms with Gasteiger partial charge in [-0.15, -0.1) is 0 Å². The van der Waals surface area contributed by atoms with Crippen LogP contribution < -0.4 is 0 Å². The third kappa shape index (κ3) is 10.5. The first-order valence-corrected chi connectivity index (χ1v) is 4.65. The van der Waals surface area contributed by atoms with Crippen molar-refractivity contribution in [2.45, 2.75) is 33.5 Å². The second kappa shape index (κ2) is 8.67. The van der Waals surface area contributed by atoms with Gasteiger partial charge in [-0.1, -0.05) is 20.1 Å². The zero-order chi connectivity index (χ0) is 13.3. The summed E-state index contributed by atoms with van der Waals surface area (Å²) in [6.45, 7) is 11.2. The van der Waals surface area contributed by atoms with Gasteiger partial charge < -0.3 is 14.9 Å². The van der Waals surface area contributed by atoms with E-state index in [0.717, 1.165) is 0 Å². The normalized spacial score (nSPS) is 10.5. The first kappa shape index (κ1) is 16.8. The van der Waals surface area contributed by atoms with Crippen LogP contribution in [0.25, 0.3) is 0 Å². The maximum absolute atomic E-state index is 10.6. The Hall–Kier alpha value is -1.62. The molecule has 1 atom stereocenters. The van der Waals surface area contributed by atoms with Gasteiger partial charge >= 0.3 is 11.9 Å². The number of aliphatic hydroxyl groups excluding tert-OH is 1. The molecule has 0 radical (unpaired) electrons. The molecule has 0 aliphatic carbocycles. The van der Waals surface area contributed by atoms with Crippen LogP contribution in [0.2, 0.25) is 0 Å². The molecule has 5 nitrogen and oxygen atoms in total. The molecule has 0 bridgehead atoms. The van der Waals surface area contributed by atoms with Crippen molar-refractivity contribution in [3.63, 3.8) is 0 Å². The zero-order valence-electron chi connectivity index (χ0n) is 9.82. The van der Waals surface area contributed by atoms with E-state index < -0.39 is 18.2 Å². The minimum Gasteiger partial charge on any atom is -0.478 e. The fourth-order valence-electron chi connectivity index (χ4n) is 0.307. The smallest absolute Gasteiger partial charge is 0.335 e. The molecule has 0 aliphatic heterocycles. The SMILES string of the molecule is C=C(C)C(=O)O.C=C(C)C(=O)OC(O)CC. The molecule has 2 N–H and O–H groups in total. The van der Waals surface area contributed by atoms with Crippen LogP contribution in [-0.4, -0.2) is 28.4 Å². The summed E-state index contributed by atoms with van der Waals surface area (Å²) in [4.78, 5) is 20.2. The van der Waals surface area contributed by atoms with Gasteiger partial charge in [0, 0.05) is 17.6 Å². The summed E-state index contributed by atoms with van der Waals surface area (Å²) >= 11 is 0. The van der Waals surface area contributed by atoms with Gasteiger partial charge in [-0.05, 0) is 13.8 Å². The summed E-state index contributed by atoms with van der Waals surface area (Å²) in [6.07, 6.45) is -0.594. The number of rotatable bonds is 4. The molecule has 0 aromatic rings. The molecular formula is C11H18O5. The van der Waals surface area contributed by atoms with Gasteiger partial charge in [-0.25, -0.2) is 9.59 Å². The number of aliphatic carboxylic acids is 1. The number of esters is 1. The number of carbonyl (C=O) groups is 2. The van der Waals surface area contributed by atoms with Gasteiger partial charge in [0.2, 0.25) is 6.29 Å². The second-order valence-corrected chi connectivity index (χ2v) is 3.13. The number of carboxylic acids is 1. The second-order valence-electron chi connectivity index (χ2n) is 3.13. The minimum atomic E-state index is -0.996. The van der Waals surface area contributed by atoms with E-state index in [1.165, 1.54) is 13.8 Å². The molecule has 0 amide bonds. The third-order valence-corrected chi connectivity index (χ3v) is 1.31. The van der Waals surface area contributed by atoms with Crippen molar-refractivity contribution in [2.75, 3.05) is 0 Å². The van der Waals surface area contributed by atoms with E-state index in [0.29, 0.717) is 12.0 Å². The Kier molecular flexibility index (Phi) is 9.10. The number of aliphatic hydroxyl groups is 1. The lowest BCUT2D eigenvalue weighted by Gasteiger charge is -2.08. The highest BCUT2D eigenvalue weighted by molar-refractivity contribution is 5.87. The van der Waals surface area contributed by atoms with E-state index in [2.05, 4.69) is 17.9 Å². The Labute approximate surface area is 95.0 Å². The van der Waals surface area contributed by atoms with E-state index in [9.17, 15) is 9.59 Å². The quantitative estimate of drug-likeness (QED) is 0.434. The van der Waals surface area contributed by atoms with Crippen molar-refractivity contribution >= 4 is 11.9 Å². The van der Waals surface area contributed by atoms with Crippen molar-refractivity contribution in [3.8, 4) is 0 Å². The predicted molar refractivity (Wildman–Crippen MR) is 59.7 cm³/mol. The van der Waals surface area contributed by atoms with Crippen LogP contribution in [0.3, 0.4) is 0 Å². The summed E-state index contributed by atoms with van der Waals surface area (Å²) in [7, 11) is 0. The van der Waals surface area contributed by atoms with Crippen LogP contribution >= 0.6 is 0 Å². The molecule has 0 saturated heterocycles. The van der Waals surface area contributed by atoms with Crippen molar-refractivity contribution in [1.29, 1.82) is 0 Å². The summed E-state index contributed by atoms with van der Waals surface area (Å²) in [6, 6.07) is 0. The lowest BCUT2D eigenvalue weighted by atomic mass is 10.3. The van der Waals surface area contributed by atoms with E-state index in [1.54, 1.807) is 6.92 Å². The van der Waals surface area contributed by atoms with Crippen LogP contribution in [0.5, 0.6) is 0 Å². The standard InChI is InChI=1S/C7H12O3.C4H6O2/c1-4-6(8)10-7(9)5(2)3;1-3(2)4(5)6/h6,8H,2,4H2,1,3H3;1H2,2H3,(H,5,6). The molecule has 0 saturated carbocycles. The van der Waals surface area contributed by atoms with Gasteiger partial charge in [0.1, 0.15) is 0 Å². The Bertz CT molecular complexity index is 268. The molecule has 0 heterocycles. The van der Waals surface area contributed by atoms with Gasteiger partial charge in [-0.3, -0.25) is 0 Å². The largest absolute Gasteiger partial charge is 0.478 e. The summed E-state index contributed by atoms with van der Waals surface area (Å²) in [5.74, 6) is -1.48. The van der Waals surface area contributed by atoms with Crippen molar-refractivity contribution in [3.05, 3.63) is 24.3 Å². The average Bonchev–Trinajstić information content (AvgIpc) is 2.18. The zero-order valence-corrected chi connectivity index (χ0v) is 9.82. The number of ether oxygens (including phenoxy) is 1. The Morgan fingerprint density at radius 3 is 1.81 bits per heavy atom. The Balaban J connectivity index is 0. The molecule has 1 unspecified atom stereocenters. The van der Waals surface area contributed by atoms with Crippen LogP contribution in [0, 0.1) is 0 Å². The first-order chi connectivity index (χ1) is 7.22. The monoisotopic (exact) mass is 230 g/mol. The van der Waals surface area contributed by atoms with Gasteiger partial charge in [0.05, 0.1) is 0 Å². The highest BCUT2D eigenvalue weighted by Gasteiger charge is 2.08. The van der Waals surface area contributed by atoms with Crippen LogP contribution in [0.4, 0.5) is 0 Å². The van der Waals surface area contributed by atoms with E-state index in [-0.39, 0.29) is 5.57 Å². The Morgan fingerprint density at radius 1 is 1.25 bits per heavy atom. The molecule has 5 heteroatoms.